The zero-order valence-electron chi connectivity index (χ0n) is 12.4. The standard InChI is InChI=1S/C17H16ClNO4/c18-15-7-6-14(23-15)17(21)22-11-13-8-16(20)19(10-13)9-12-4-2-1-3-5-12/h1-7,13H,8-11H2/t13-/m1/s1. The molecule has 1 aliphatic heterocycles. The number of carbonyl (C=O) groups excluding carboxylic acids is 2. The fraction of sp³-hybridized carbons (Fsp3) is 0.294. The first-order valence-electron chi connectivity index (χ1n) is 7.36. The van der Waals surface area contributed by atoms with Crippen LogP contribution in [0.25, 0.3) is 0 Å². The lowest BCUT2D eigenvalue weighted by Gasteiger charge is -2.16. The van der Waals surface area contributed by atoms with Crippen LogP contribution in [0.3, 0.4) is 0 Å². The number of hydrogen-bond acceptors (Lipinski definition) is 4. The molecule has 23 heavy (non-hydrogen) atoms. The van der Waals surface area contributed by atoms with Gasteiger partial charge in [0.25, 0.3) is 0 Å². The molecule has 0 saturated carbocycles. The molecule has 2 aromatic rings. The second-order valence-corrected chi connectivity index (χ2v) is 5.90. The maximum Gasteiger partial charge on any atom is 0.374 e. The van der Waals surface area contributed by atoms with Crippen molar-refractivity contribution < 1.29 is 18.7 Å². The topological polar surface area (TPSA) is 59.8 Å². The van der Waals surface area contributed by atoms with Crippen molar-refractivity contribution in [2.45, 2.75) is 13.0 Å². The van der Waals surface area contributed by atoms with Crippen molar-refractivity contribution in [1.82, 2.24) is 4.90 Å². The molecule has 1 fully saturated rings. The van der Waals surface area contributed by atoms with Crippen molar-refractivity contribution in [3.05, 3.63) is 59.0 Å². The van der Waals surface area contributed by atoms with Crippen molar-refractivity contribution in [3.8, 4) is 0 Å². The molecular formula is C17H16ClNO4. The molecule has 1 amide bonds. The molecule has 0 radical (unpaired) electrons. The molecular weight excluding hydrogens is 318 g/mol. The van der Waals surface area contributed by atoms with Crippen LogP contribution in [0, 0.1) is 5.92 Å². The number of rotatable bonds is 5. The summed E-state index contributed by atoms with van der Waals surface area (Å²) in [4.78, 5) is 25.6. The van der Waals surface area contributed by atoms with Gasteiger partial charge >= 0.3 is 5.97 Å². The minimum atomic E-state index is -0.564. The highest BCUT2D eigenvalue weighted by Crippen LogP contribution is 2.21. The van der Waals surface area contributed by atoms with Gasteiger partial charge in [-0.3, -0.25) is 4.79 Å². The molecule has 2 heterocycles. The van der Waals surface area contributed by atoms with E-state index in [1.165, 1.54) is 12.1 Å². The summed E-state index contributed by atoms with van der Waals surface area (Å²) in [5.41, 5.74) is 1.09. The van der Waals surface area contributed by atoms with E-state index in [9.17, 15) is 9.59 Å². The molecule has 0 bridgehead atoms. The number of halogens is 1. The molecule has 1 saturated heterocycles. The van der Waals surface area contributed by atoms with Crippen LogP contribution in [0.15, 0.2) is 46.9 Å². The Morgan fingerprint density at radius 2 is 2.04 bits per heavy atom. The molecule has 6 heteroatoms. The minimum Gasteiger partial charge on any atom is -0.459 e. The first-order chi connectivity index (χ1) is 11.1. The number of hydrogen-bond donors (Lipinski definition) is 0. The van der Waals surface area contributed by atoms with Crippen molar-refractivity contribution in [1.29, 1.82) is 0 Å². The quantitative estimate of drug-likeness (QED) is 0.789. The molecule has 1 aliphatic rings. The van der Waals surface area contributed by atoms with Gasteiger partial charge in [0.2, 0.25) is 11.7 Å². The number of esters is 1. The van der Waals surface area contributed by atoms with Crippen LogP contribution in [0.2, 0.25) is 5.22 Å². The number of likely N-dealkylation sites (tertiary alicyclic amines) is 1. The van der Waals surface area contributed by atoms with Gasteiger partial charge in [-0.05, 0) is 29.3 Å². The number of ether oxygens (including phenoxy) is 1. The summed E-state index contributed by atoms with van der Waals surface area (Å²) in [6.45, 7) is 1.35. The van der Waals surface area contributed by atoms with Gasteiger partial charge in [0.05, 0.1) is 6.61 Å². The molecule has 0 aliphatic carbocycles. The Bertz CT molecular complexity index is 698. The normalized spacial score (nSPS) is 17.5. The third-order valence-electron chi connectivity index (χ3n) is 3.74. The lowest BCUT2D eigenvalue weighted by Crippen LogP contribution is -2.25. The minimum absolute atomic E-state index is 0.000552. The highest BCUT2D eigenvalue weighted by molar-refractivity contribution is 6.29. The van der Waals surface area contributed by atoms with Gasteiger partial charge < -0.3 is 14.1 Å². The van der Waals surface area contributed by atoms with E-state index >= 15 is 0 Å². The molecule has 1 aromatic heterocycles. The Balaban J connectivity index is 1.50. The number of nitrogens with zero attached hydrogens (tertiary/aromatic N) is 1. The van der Waals surface area contributed by atoms with Crippen molar-refractivity contribution in [2.75, 3.05) is 13.2 Å². The van der Waals surface area contributed by atoms with Crippen molar-refractivity contribution >= 4 is 23.5 Å². The van der Waals surface area contributed by atoms with E-state index < -0.39 is 5.97 Å². The van der Waals surface area contributed by atoms with Crippen LogP contribution >= 0.6 is 11.6 Å². The van der Waals surface area contributed by atoms with Gasteiger partial charge in [0.15, 0.2) is 5.22 Å². The van der Waals surface area contributed by atoms with Crippen LogP contribution in [0.5, 0.6) is 0 Å². The lowest BCUT2D eigenvalue weighted by atomic mass is 10.1. The van der Waals surface area contributed by atoms with Gasteiger partial charge in [-0.15, -0.1) is 0 Å². The summed E-state index contributed by atoms with van der Waals surface area (Å²) < 4.78 is 10.2. The number of benzene rings is 1. The van der Waals surface area contributed by atoms with E-state index in [2.05, 4.69) is 0 Å². The summed E-state index contributed by atoms with van der Waals surface area (Å²) in [5, 5.41) is 0.141. The van der Waals surface area contributed by atoms with Gasteiger partial charge in [-0.1, -0.05) is 30.3 Å². The van der Waals surface area contributed by atoms with Crippen LogP contribution in [-0.2, 0) is 16.1 Å². The summed E-state index contributed by atoms with van der Waals surface area (Å²) in [5.74, 6) is -0.414. The summed E-state index contributed by atoms with van der Waals surface area (Å²) in [6, 6.07) is 12.8. The second kappa shape index (κ2) is 6.87. The van der Waals surface area contributed by atoms with E-state index in [0.29, 0.717) is 19.5 Å². The van der Waals surface area contributed by atoms with Gasteiger partial charge in [0.1, 0.15) is 0 Å². The third-order valence-corrected chi connectivity index (χ3v) is 3.94. The van der Waals surface area contributed by atoms with E-state index in [4.69, 9.17) is 20.8 Å². The Hall–Kier alpha value is -2.27. The lowest BCUT2D eigenvalue weighted by molar-refractivity contribution is -0.128. The molecule has 0 unspecified atom stereocenters. The first kappa shape index (κ1) is 15.6. The van der Waals surface area contributed by atoms with E-state index in [0.717, 1.165) is 5.56 Å². The number of amides is 1. The average Bonchev–Trinajstić information content (AvgIpc) is 3.13. The first-order valence-corrected chi connectivity index (χ1v) is 7.74. The van der Waals surface area contributed by atoms with Crippen molar-refractivity contribution in [3.63, 3.8) is 0 Å². The fourth-order valence-electron chi connectivity index (χ4n) is 2.61. The maximum absolute atomic E-state index is 12.1. The molecule has 120 valence electrons. The van der Waals surface area contributed by atoms with E-state index in [1.54, 1.807) is 4.90 Å². The van der Waals surface area contributed by atoms with E-state index in [-0.39, 0.29) is 29.4 Å². The smallest absolute Gasteiger partial charge is 0.374 e. The Labute approximate surface area is 138 Å². The van der Waals surface area contributed by atoms with Crippen LogP contribution in [0.1, 0.15) is 22.5 Å². The summed E-state index contributed by atoms with van der Waals surface area (Å²) >= 11 is 5.62. The Morgan fingerprint density at radius 3 is 2.74 bits per heavy atom. The predicted octanol–water partition coefficient (Wildman–Crippen LogP) is 3.14. The predicted molar refractivity (Wildman–Crippen MR) is 84.0 cm³/mol. The van der Waals surface area contributed by atoms with Crippen LogP contribution in [-0.4, -0.2) is 29.9 Å². The van der Waals surface area contributed by atoms with E-state index in [1.807, 2.05) is 30.3 Å². The number of carbonyl (C=O) groups is 2. The zero-order chi connectivity index (χ0) is 16.2. The van der Waals surface area contributed by atoms with Crippen LogP contribution in [0.4, 0.5) is 0 Å². The fourth-order valence-corrected chi connectivity index (χ4v) is 2.76. The number of furan rings is 1. The van der Waals surface area contributed by atoms with Crippen molar-refractivity contribution in [2.24, 2.45) is 5.92 Å². The Kier molecular flexibility index (Phi) is 4.67. The molecule has 0 spiro atoms. The zero-order valence-corrected chi connectivity index (χ0v) is 13.2. The highest BCUT2D eigenvalue weighted by atomic mass is 35.5. The van der Waals surface area contributed by atoms with Gasteiger partial charge in [-0.25, -0.2) is 4.79 Å². The monoisotopic (exact) mass is 333 g/mol. The molecule has 1 atom stereocenters. The Morgan fingerprint density at radius 1 is 1.26 bits per heavy atom. The maximum atomic E-state index is 12.1. The van der Waals surface area contributed by atoms with Crippen LogP contribution < -0.4 is 0 Å². The van der Waals surface area contributed by atoms with Gasteiger partial charge in [0, 0.05) is 25.4 Å². The highest BCUT2D eigenvalue weighted by Gasteiger charge is 2.30. The average molecular weight is 334 g/mol. The summed E-state index contributed by atoms with van der Waals surface area (Å²) in [6.07, 6.45) is 0.388. The van der Waals surface area contributed by atoms with Gasteiger partial charge in [-0.2, -0.15) is 0 Å². The molecule has 3 rings (SSSR count). The SMILES string of the molecule is O=C(OC[C@@H]1CC(=O)N(Cc2ccccc2)C1)c1ccc(Cl)o1. The molecule has 1 aromatic carbocycles. The molecule has 5 nitrogen and oxygen atoms in total. The second-order valence-electron chi connectivity index (χ2n) is 5.53. The molecule has 0 N–H and O–H groups in total. The third kappa shape index (κ3) is 3.93. The largest absolute Gasteiger partial charge is 0.459 e. The summed E-state index contributed by atoms with van der Waals surface area (Å²) in [7, 11) is 0.